The van der Waals surface area contributed by atoms with Crippen LogP contribution in [0.15, 0.2) is 11.6 Å². The maximum Gasteiger partial charge on any atom is 0.131 e. The van der Waals surface area contributed by atoms with Gasteiger partial charge < -0.3 is 10.2 Å². The molecule has 7 atom stereocenters. The molecular formula is C24H36O2. The Morgan fingerprint density at radius 3 is 2.65 bits per heavy atom. The molecular weight excluding hydrogens is 320 g/mol. The molecule has 0 heterocycles. The van der Waals surface area contributed by atoms with E-state index in [4.69, 9.17) is 0 Å². The van der Waals surface area contributed by atoms with E-state index in [1.807, 2.05) is 6.92 Å². The highest BCUT2D eigenvalue weighted by Gasteiger charge is 2.68. The summed E-state index contributed by atoms with van der Waals surface area (Å²) in [6.07, 6.45) is 12.9. The summed E-state index contributed by atoms with van der Waals surface area (Å²) < 4.78 is 0. The molecule has 2 nitrogen and oxygen atoms in total. The maximum atomic E-state index is 12.0. The number of fused-ring (bicyclic) bond motifs is 5. The van der Waals surface area contributed by atoms with Crippen molar-refractivity contribution >= 4 is 0 Å². The van der Waals surface area contributed by atoms with Gasteiger partial charge in [-0.05, 0) is 94.8 Å². The molecule has 2 N–H and O–H groups in total. The lowest BCUT2D eigenvalue weighted by Gasteiger charge is -2.62. The summed E-state index contributed by atoms with van der Waals surface area (Å²) in [6.45, 7) is 6.21. The molecule has 4 rings (SSSR count). The monoisotopic (exact) mass is 356 g/mol. The van der Waals surface area contributed by atoms with E-state index >= 15 is 0 Å². The van der Waals surface area contributed by atoms with E-state index in [9.17, 15) is 10.2 Å². The number of hydrogen-bond donors (Lipinski definition) is 2. The van der Waals surface area contributed by atoms with Gasteiger partial charge in [-0.1, -0.05) is 31.4 Å². The Balaban J connectivity index is 1.81. The van der Waals surface area contributed by atoms with Gasteiger partial charge in [-0.25, -0.2) is 0 Å². The molecule has 0 aromatic heterocycles. The van der Waals surface area contributed by atoms with E-state index in [0.29, 0.717) is 23.7 Å². The number of hydrogen-bond acceptors (Lipinski definition) is 2. The minimum Gasteiger partial charge on any atom is -0.390 e. The molecule has 4 aliphatic rings. The Morgan fingerprint density at radius 2 is 1.96 bits per heavy atom. The Kier molecular flexibility index (Phi) is 4.56. The van der Waals surface area contributed by atoms with Crippen LogP contribution < -0.4 is 0 Å². The van der Waals surface area contributed by atoms with E-state index < -0.39 is 11.2 Å². The van der Waals surface area contributed by atoms with E-state index in [-0.39, 0.29) is 5.41 Å². The molecule has 0 radical (unpaired) electrons. The van der Waals surface area contributed by atoms with E-state index in [0.717, 1.165) is 32.1 Å². The summed E-state index contributed by atoms with van der Waals surface area (Å²) in [5.41, 5.74) is -0.183. The van der Waals surface area contributed by atoms with Gasteiger partial charge in [0.2, 0.25) is 0 Å². The minimum atomic E-state index is -0.919. The first-order valence-corrected chi connectivity index (χ1v) is 11.0. The van der Waals surface area contributed by atoms with Crippen molar-refractivity contribution in [3.8, 4) is 11.8 Å². The quantitative estimate of drug-likeness (QED) is 0.549. The van der Waals surface area contributed by atoms with E-state index in [1.54, 1.807) is 5.57 Å². The first-order chi connectivity index (χ1) is 12.4. The number of allylic oxidation sites excluding steroid dienone is 2. The van der Waals surface area contributed by atoms with Gasteiger partial charge >= 0.3 is 0 Å². The minimum absolute atomic E-state index is 0.238. The fourth-order valence-corrected chi connectivity index (χ4v) is 7.89. The predicted octanol–water partition coefficient (Wildman–Crippen LogP) is 4.84. The van der Waals surface area contributed by atoms with Gasteiger partial charge in [0.15, 0.2) is 0 Å². The van der Waals surface area contributed by atoms with Gasteiger partial charge in [0.25, 0.3) is 0 Å². The lowest BCUT2D eigenvalue weighted by molar-refractivity contribution is -0.200. The fourth-order valence-electron chi connectivity index (χ4n) is 7.89. The van der Waals surface area contributed by atoms with Gasteiger partial charge in [-0.2, -0.15) is 0 Å². The molecule has 0 aliphatic heterocycles. The summed E-state index contributed by atoms with van der Waals surface area (Å²) in [4.78, 5) is 0. The molecule has 0 amide bonds. The first kappa shape index (κ1) is 18.6. The Bertz CT molecular complexity index is 655. The van der Waals surface area contributed by atoms with Crippen molar-refractivity contribution in [2.45, 2.75) is 96.2 Å². The number of rotatable bonds is 2. The zero-order valence-corrected chi connectivity index (χ0v) is 16.9. The van der Waals surface area contributed by atoms with Crippen molar-refractivity contribution in [1.82, 2.24) is 0 Å². The second kappa shape index (κ2) is 6.39. The van der Waals surface area contributed by atoms with Crippen LogP contribution in [-0.4, -0.2) is 21.4 Å². The third-order valence-electron chi connectivity index (χ3n) is 8.95. The smallest absolute Gasteiger partial charge is 0.131 e. The second-order valence-corrected chi connectivity index (χ2v) is 9.57. The fraction of sp³-hybridized carbons (Fsp3) is 0.833. The second-order valence-electron chi connectivity index (χ2n) is 9.57. The van der Waals surface area contributed by atoms with Gasteiger partial charge in [-0.3, -0.25) is 0 Å². The summed E-state index contributed by atoms with van der Waals surface area (Å²) in [5.74, 6) is 8.24. The molecule has 3 saturated carbocycles. The summed E-state index contributed by atoms with van der Waals surface area (Å²) >= 11 is 0. The highest BCUT2D eigenvalue weighted by Crippen LogP contribution is 2.68. The lowest BCUT2D eigenvalue weighted by atomic mass is 9.44. The molecule has 3 fully saturated rings. The van der Waals surface area contributed by atoms with Gasteiger partial charge in [0.05, 0.1) is 5.60 Å². The Hall–Kier alpha value is -0.780. The van der Waals surface area contributed by atoms with Crippen LogP contribution >= 0.6 is 0 Å². The average molecular weight is 357 g/mol. The Labute approximate surface area is 159 Å². The van der Waals surface area contributed by atoms with Crippen LogP contribution in [0.3, 0.4) is 0 Å². The van der Waals surface area contributed by atoms with Crippen molar-refractivity contribution in [3.05, 3.63) is 11.6 Å². The third-order valence-corrected chi connectivity index (χ3v) is 8.95. The topological polar surface area (TPSA) is 40.5 Å². The van der Waals surface area contributed by atoms with Crippen LogP contribution in [0.4, 0.5) is 0 Å². The van der Waals surface area contributed by atoms with Crippen LogP contribution in [-0.2, 0) is 0 Å². The van der Waals surface area contributed by atoms with Crippen molar-refractivity contribution < 1.29 is 10.2 Å². The molecule has 2 heteroatoms. The largest absolute Gasteiger partial charge is 0.390 e. The molecule has 144 valence electrons. The predicted molar refractivity (Wildman–Crippen MR) is 105 cm³/mol. The summed E-state index contributed by atoms with van der Waals surface area (Å²) in [5, 5.41) is 23.6. The molecule has 26 heavy (non-hydrogen) atoms. The lowest BCUT2D eigenvalue weighted by Crippen LogP contribution is -2.63. The van der Waals surface area contributed by atoms with Crippen LogP contribution in [0.2, 0.25) is 0 Å². The van der Waals surface area contributed by atoms with Crippen LogP contribution in [0.1, 0.15) is 85.0 Å². The highest BCUT2D eigenvalue weighted by atomic mass is 16.3. The molecule has 0 saturated heterocycles. The molecule has 4 aliphatic carbocycles. The summed E-state index contributed by atoms with van der Waals surface area (Å²) in [7, 11) is 0. The van der Waals surface area contributed by atoms with E-state index in [1.165, 1.54) is 32.1 Å². The molecule has 0 aromatic rings. The van der Waals surface area contributed by atoms with Crippen LogP contribution in [0, 0.1) is 40.9 Å². The Morgan fingerprint density at radius 1 is 1.15 bits per heavy atom. The zero-order valence-electron chi connectivity index (χ0n) is 16.9. The first-order valence-electron chi connectivity index (χ1n) is 11.0. The van der Waals surface area contributed by atoms with Gasteiger partial charge in [-0.15, -0.1) is 5.92 Å². The molecule has 5 unspecified atom stereocenters. The maximum absolute atomic E-state index is 12.0. The standard InChI is InChI=1S/C24H36O2/c1-4-14-24(26)15-13-20-19-12-11-17-9-7-8-10-18(17)21(19)23(25,6-3)16-22(20,24)5-2/h9,18-21,25-26H,5-8,10-13,15-16H2,1-3H3/t18?,19?,20?,21?,22-,23?,24-/m0/s1. The van der Waals surface area contributed by atoms with Crippen molar-refractivity contribution in [3.63, 3.8) is 0 Å². The summed E-state index contributed by atoms with van der Waals surface area (Å²) in [6, 6.07) is 0. The van der Waals surface area contributed by atoms with Crippen molar-refractivity contribution in [2.75, 3.05) is 0 Å². The van der Waals surface area contributed by atoms with Gasteiger partial charge in [0, 0.05) is 5.41 Å². The molecule has 0 spiro atoms. The van der Waals surface area contributed by atoms with Crippen LogP contribution in [0.5, 0.6) is 0 Å². The zero-order chi connectivity index (χ0) is 18.6. The highest BCUT2D eigenvalue weighted by molar-refractivity contribution is 5.30. The average Bonchev–Trinajstić information content (AvgIpc) is 2.94. The van der Waals surface area contributed by atoms with Crippen molar-refractivity contribution in [2.24, 2.45) is 29.1 Å². The van der Waals surface area contributed by atoms with Crippen LogP contribution in [0.25, 0.3) is 0 Å². The molecule has 0 bridgehead atoms. The number of aliphatic hydroxyl groups is 2. The SMILES string of the molecule is CC#C[C@]1(O)CCC2C3CCC4=CCCCC4C3C(O)(CC)C[C@@]21CC. The normalized spacial score (nSPS) is 50.0. The van der Waals surface area contributed by atoms with Gasteiger partial charge in [0.1, 0.15) is 5.60 Å². The van der Waals surface area contributed by atoms with Crippen molar-refractivity contribution in [1.29, 1.82) is 0 Å². The third kappa shape index (κ3) is 2.33. The molecule has 0 aromatic carbocycles. The van der Waals surface area contributed by atoms with E-state index in [2.05, 4.69) is 31.8 Å².